The molecule has 0 radical (unpaired) electrons. The minimum atomic E-state index is -0.256. The molecule has 6 heteroatoms. The van der Waals surface area contributed by atoms with Crippen LogP contribution in [0.1, 0.15) is 17.3 Å². The van der Waals surface area contributed by atoms with E-state index in [-0.39, 0.29) is 5.91 Å². The minimum Gasteiger partial charge on any atom is -0.493 e. The lowest BCUT2D eigenvalue weighted by molar-refractivity contribution is 0.102. The molecule has 0 bridgehead atoms. The maximum Gasteiger partial charge on any atom is 0.261 e. The molecule has 5 nitrogen and oxygen atoms in total. The van der Waals surface area contributed by atoms with Gasteiger partial charge in [0, 0.05) is 0 Å². The smallest absolute Gasteiger partial charge is 0.261 e. The van der Waals surface area contributed by atoms with E-state index in [9.17, 15) is 4.79 Å². The second-order valence-electron chi connectivity index (χ2n) is 3.45. The fraction of sp³-hybridized carbons (Fsp3) is 0.167. The topological polar surface area (TPSA) is 77.2 Å². The number of para-hydroxylation sites is 1. The maximum absolute atomic E-state index is 12.1. The van der Waals surface area contributed by atoms with Crippen LogP contribution in [0.2, 0.25) is 0 Å². The molecule has 0 spiro atoms. The van der Waals surface area contributed by atoms with E-state index in [1.165, 1.54) is 17.5 Å². The third kappa shape index (κ3) is 2.78. The van der Waals surface area contributed by atoms with Crippen molar-refractivity contribution in [3.8, 4) is 5.75 Å². The average molecular weight is 263 g/mol. The molecular formula is C12H13N3O2S. The largest absolute Gasteiger partial charge is 0.493 e. The summed E-state index contributed by atoms with van der Waals surface area (Å²) in [5, 5.41) is 3.72. The number of carbonyl (C=O) groups excluding carboxylic acids is 1. The Morgan fingerprint density at radius 2 is 2.28 bits per heavy atom. The van der Waals surface area contributed by atoms with Crippen LogP contribution in [-0.2, 0) is 0 Å². The standard InChI is InChI=1S/C12H13N3O2S/c1-2-17-9-6-4-3-5-8(9)11(16)15-12-14-7-10(13)18-12/h3-7H,2,13H2,1H3,(H,14,15,16). The molecule has 0 aliphatic heterocycles. The number of anilines is 2. The van der Waals surface area contributed by atoms with Gasteiger partial charge in [0.15, 0.2) is 5.13 Å². The summed E-state index contributed by atoms with van der Waals surface area (Å²) in [5.74, 6) is 0.301. The number of benzene rings is 1. The third-order valence-electron chi connectivity index (χ3n) is 2.18. The van der Waals surface area contributed by atoms with Crippen molar-refractivity contribution in [2.24, 2.45) is 0 Å². The molecule has 1 aromatic heterocycles. The number of carbonyl (C=O) groups is 1. The van der Waals surface area contributed by atoms with E-state index in [4.69, 9.17) is 10.5 Å². The molecule has 3 N–H and O–H groups in total. The number of amides is 1. The van der Waals surface area contributed by atoms with Crippen LogP contribution in [0.4, 0.5) is 10.1 Å². The van der Waals surface area contributed by atoms with Crippen molar-refractivity contribution < 1.29 is 9.53 Å². The molecule has 2 aromatic rings. The van der Waals surface area contributed by atoms with Gasteiger partial charge in [0.1, 0.15) is 10.8 Å². The average Bonchev–Trinajstić information content (AvgIpc) is 2.76. The van der Waals surface area contributed by atoms with E-state index in [1.807, 2.05) is 13.0 Å². The van der Waals surface area contributed by atoms with E-state index < -0.39 is 0 Å². The van der Waals surface area contributed by atoms with E-state index in [1.54, 1.807) is 18.2 Å². The van der Waals surface area contributed by atoms with Gasteiger partial charge in [0.05, 0.1) is 18.4 Å². The molecule has 1 heterocycles. The summed E-state index contributed by atoms with van der Waals surface area (Å²) in [6, 6.07) is 7.07. The van der Waals surface area contributed by atoms with Gasteiger partial charge in [0.2, 0.25) is 0 Å². The van der Waals surface area contributed by atoms with Crippen LogP contribution in [0.15, 0.2) is 30.5 Å². The zero-order valence-electron chi connectivity index (χ0n) is 9.84. The molecule has 0 saturated carbocycles. The Balaban J connectivity index is 2.18. The summed E-state index contributed by atoms with van der Waals surface area (Å²) >= 11 is 1.22. The van der Waals surface area contributed by atoms with Gasteiger partial charge in [-0.2, -0.15) is 0 Å². The predicted octanol–water partition coefficient (Wildman–Crippen LogP) is 2.38. The molecule has 0 fully saturated rings. The van der Waals surface area contributed by atoms with Crippen LogP contribution in [0.3, 0.4) is 0 Å². The Morgan fingerprint density at radius 3 is 2.94 bits per heavy atom. The lowest BCUT2D eigenvalue weighted by Gasteiger charge is -2.08. The van der Waals surface area contributed by atoms with Crippen LogP contribution >= 0.6 is 11.3 Å². The first-order valence-electron chi connectivity index (χ1n) is 5.45. The Labute approximate surface area is 109 Å². The fourth-order valence-electron chi connectivity index (χ4n) is 1.44. The van der Waals surface area contributed by atoms with Crippen molar-refractivity contribution in [2.75, 3.05) is 17.7 Å². The number of nitrogens with zero attached hydrogens (tertiary/aromatic N) is 1. The molecule has 0 aliphatic rings. The van der Waals surface area contributed by atoms with Gasteiger partial charge in [-0.1, -0.05) is 23.5 Å². The van der Waals surface area contributed by atoms with Crippen molar-refractivity contribution in [1.29, 1.82) is 0 Å². The van der Waals surface area contributed by atoms with Crippen molar-refractivity contribution in [2.45, 2.75) is 6.92 Å². The van der Waals surface area contributed by atoms with Gasteiger partial charge in [-0.15, -0.1) is 0 Å². The number of hydrogen-bond donors (Lipinski definition) is 2. The first kappa shape index (κ1) is 12.4. The van der Waals surface area contributed by atoms with E-state index >= 15 is 0 Å². The zero-order chi connectivity index (χ0) is 13.0. The number of ether oxygens (including phenoxy) is 1. The van der Waals surface area contributed by atoms with Crippen molar-refractivity contribution in [1.82, 2.24) is 4.98 Å². The number of nitrogens with two attached hydrogens (primary N) is 1. The van der Waals surface area contributed by atoms with Gasteiger partial charge < -0.3 is 10.5 Å². The summed E-state index contributed by atoms with van der Waals surface area (Å²) < 4.78 is 5.40. The lowest BCUT2D eigenvalue weighted by atomic mass is 10.2. The highest BCUT2D eigenvalue weighted by Crippen LogP contribution is 2.23. The maximum atomic E-state index is 12.1. The van der Waals surface area contributed by atoms with Crippen molar-refractivity contribution in [3.63, 3.8) is 0 Å². The highest BCUT2D eigenvalue weighted by atomic mass is 32.1. The highest BCUT2D eigenvalue weighted by molar-refractivity contribution is 7.19. The van der Waals surface area contributed by atoms with Gasteiger partial charge in [0.25, 0.3) is 5.91 Å². The molecule has 1 amide bonds. The molecule has 0 unspecified atom stereocenters. The van der Waals surface area contributed by atoms with Crippen molar-refractivity contribution in [3.05, 3.63) is 36.0 Å². The molecular weight excluding hydrogens is 250 g/mol. The second-order valence-corrected chi connectivity index (χ2v) is 4.51. The van der Waals surface area contributed by atoms with Crippen LogP contribution in [-0.4, -0.2) is 17.5 Å². The monoisotopic (exact) mass is 263 g/mol. The summed E-state index contributed by atoms with van der Waals surface area (Å²) in [6.45, 7) is 2.38. The predicted molar refractivity (Wildman–Crippen MR) is 72.1 cm³/mol. The van der Waals surface area contributed by atoms with Gasteiger partial charge in [-0.3, -0.25) is 10.1 Å². The zero-order valence-corrected chi connectivity index (χ0v) is 10.7. The summed E-state index contributed by atoms with van der Waals surface area (Å²) in [5.41, 5.74) is 6.03. The number of nitrogens with one attached hydrogen (secondary N) is 1. The van der Waals surface area contributed by atoms with E-state index in [0.717, 1.165) is 0 Å². The Kier molecular flexibility index (Phi) is 3.78. The molecule has 0 saturated heterocycles. The third-order valence-corrected chi connectivity index (χ3v) is 2.92. The molecule has 0 atom stereocenters. The van der Waals surface area contributed by atoms with Crippen LogP contribution < -0.4 is 15.8 Å². The number of nitrogen functional groups attached to an aromatic ring is 1. The van der Waals surface area contributed by atoms with Crippen LogP contribution in [0, 0.1) is 0 Å². The van der Waals surface area contributed by atoms with Crippen LogP contribution in [0.25, 0.3) is 0 Å². The van der Waals surface area contributed by atoms with Gasteiger partial charge in [-0.05, 0) is 19.1 Å². The molecule has 0 aliphatic carbocycles. The van der Waals surface area contributed by atoms with Crippen LogP contribution in [0.5, 0.6) is 5.75 Å². The van der Waals surface area contributed by atoms with E-state index in [0.29, 0.717) is 28.1 Å². The van der Waals surface area contributed by atoms with E-state index in [2.05, 4.69) is 10.3 Å². The SMILES string of the molecule is CCOc1ccccc1C(=O)Nc1ncc(N)s1. The Hall–Kier alpha value is -2.08. The minimum absolute atomic E-state index is 0.256. The van der Waals surface area contributed by atoms with Crippen molar-refractivity contribution >= 4 is 27.4 Å². The number of thiazole rings is 1. The Morgan fingerprint density at radius 1 is 1.50 bits per heavy atom. The quantitative estimate of drug-likeness (QED) is 0.887. The number of rotatable bonds is 4. The van der Waals surface area contributed by atoms with Gasteiger partial charge >= 0.3 is 0 Å². The fourth-order valence-corrected chi connectivity index (χ4v) is 2.02. The molecule has 2 rings (SSSR count). The highest BCUT2D eigenvalue weighted by Gasteiger charge is 2.13. The molecule has 18 heavy (non-hydrogen) atoms. The Bertz CT molecular complexity index is 554. The first-order valence-corrected chi connectivity index (χ1v) is 6.27. The summed E-state index contributed by atoms with van der Waals surface area (Å²) in [4.78, 5) is 16.0. The normalized spacial score (nSPS) is 10.1. The summed E-state index contributed by atoms with van der Waals surface area (Å²) in [6.07, 6.45) is 1.51. The number of hydrogen-bond acceptors (Lipinski definition) is 5. The second kappa shape index (κ2) is 5.50. The summed E-state index contributed by atoms with van der Waals surface area (Å²) in [7, 11) is 0. The van der Waals surface area contributed by atoms with Gasteiger partial charge in [-0.25, -0.2) is 4.98 Å². The number of aromatic nitrogens is 1. The first-order chi connectivity index (χ1) is 8.70. The lowest BCUT2D eigenvalue weighted by Crippen LogP contribution is -2.13. The molecule has 1 aromatic carbocycles. The molecule has 94 valence electrons.